The van der Waals surface area contributed by atoms with Gasteiger partial charge in [0, 0.05) is 0 Å². The molecule has 0 fully saturated rings. The second-order valence-electron chi connectivity index (χ2n) is 16.5. The Bertz CT molecular complexity index is 1790. The summed E-state index contributed by atoms with van der Waals surface area (Å²) in [5, 5.41) is 5.55. The summed E-state index contributed by atoms with van der Waals surface area (Å²) in [5.74, 6) is 0. The first-order valence-corrected chi connectivity index (χ1v) is 18.6. The monoisotopic (exact) mass is 710 g/mol. The Hall–Kier alpha value is -3.15. The van der Waals surface area contributed by atoms with Gasteiger partial charge in [-0.1, -0.05) is 75.9 Å². The first-order valence-electron chi connectivity index (χ1n) is 17.4. The number of aryl methyl sites for hydroxylation is 2. The molecule has 0 heterocycles. The number of rotatable bonds is 4. The molecular weight excluding hydrogens is 656 g/mol. The van der Waals surface area contributed by atoms with Gasteiger partial charge in [-0.2, -0.15) is 18.2 Å². The number of benzene rings is 4. The summed E-state index contributed by atoms with van der Waals surface area (Å²) in [5.41, 5.74) is 9.05. The molecule has 6 aromatic carbocycles. The van der Waals surface area contributed by atoms with Crippen LogP contribution in [-0.2, 0) is 45.9 Å². The van der Waals surface area contributed by atoms with Crippen LogP contribution in [0.2, 0.25) is 0 Å². The SMILES string of the molecule is CC(C)([C](=[Zr+2])C(C)(C)c1ccccc1)c1ccccc1.Cc1cc2[cH-]c3cc(C)c(C(C)(C)C)cc3c2cc1C(C)(C)C.c1cc[cH-]c1. The Labute approximate surface area is 306 Å². The predicted octanol–water partition coefficient (Wildman–Crippen LogP) is 13.0. The maximum atomic E-state index is 2.43. The van der Waals surface area contributed by atoms with Crippen molar-refractivity contribution in [1.29, 1.82) is 0 Å². The molecule has 0 saturated heterocycles. The third-order valence-electron chi connectivity index (χ3n) is 9.81. The second kappa shape index (κ2) is 14.8. The van der Waals surface area contributed by atoms with Gasteiger partial charge >= 0.3 is 138 Å². The van der Waals surface area contributed by atoms with Crippen molar-refractivity contribution in [2.45, 2.75) is 105 Å². The van der Waals surface area contributed by atoms with E-state index in [1.807, 2.05) is 30.3 Å². The summed E-state index contributed by atoms with van der Waals surface area (Å²) >= 11 is 1.51. The molecule has 0 radical (unpaired) electrons. The minimum atomic E-state index is 0.0962. The molecule has 0 spiro atoms. The Morgan fingerprint density at radius 3 is 1.15 bits per heavy atom. The van der Waals surface area contributed by atoms with Gasteiger partial charge in [-0.15, -0.1) is 39.7 Å². The van der Waals surface area contributed by atoms with Gasteiger partial charge in [0.2, 0.25) is 0 Å². The molecule has 0 N–H and O–H groups in total. The molecule has 0 nitrogen and oxygen atoms in total. The van der Waals surface area contributed by atoms with Crippen LogP contribution in [0.15, 0.2) is 121 Å². The zero-order valence-corrected chi connectivity index (χ0v) is 34.0. The molecule has 1 heteroatoms. The van der Waals surface area contributed by atoms with Crippen LogP contribution in [0.5, 0.6) is 0 Å². The second-order valence-corrected chi connectivity index (χ2v) is 17.7. The van der Waals surface area contributed by atoms with Crippen molar-refractivity contribution < 1.29 is 24.2 Å². The van der Waals surface area contributed by atoms with E-state index in [4.69, 9.17) is 0 Å². The summed E-state index contributed by atoms with van der Waals surface area (Å²) in [6.45, 7) is 27.7. The molecule has 0 aromatic heterocycles. The topological polar surface area (TPSA) is 0 Å². The van der Waals surface area contributed by atoms with Gasteiger partial charge < -0.3 is 0 Å². The molecule has 6 rings (SSSR count). The maximum absolute atomic E-state index is 2.43. The normalized spacial score (nSPS) is 12.3. The van der Waals surface area contributed by atoms with Gasteiger partial charge in [-0.05, 0) is 24.7 Å². The minimum absolute atomic E-state index is 0.0962. The Morgan fingerprint density at radius 2 is 0.854 bits per heavy atom. The van der Waals surface area contributed by atoms with Crippen molar-refractivity contribution in [1.82, 2.24) is 0 Å². The molecule has 248 valence electrons. The van der Waals surface area contributed by atoms with E-state index in [-0.39, 0.29) is 21.7 Å². The van der Waals surface area contributed by atoms with Gasteiger partial charge in [0.25, 0.3) is 0 Å². The van der Waals surface area contributed by atoms with E-state index in [0.717, 1.165) is 0 Å². The van der Waals surface area contributed by atoms with Crippen LogP contribution in [0.25, 0.3) is 21.5 Å². The van der Waals surface area contributed by atoms with Crippen LogP contribution in [-0.4, -0.2) is 3.21 Å². The molecule has 0 atom stereocenters. The first kappa shape index (κ1) is 37.7. The molecule has 0 amide bonds. The number of hydrogen-bond acceptors (Lipinski definition) is 0. The van der Waals surface area contributed by atoms with Gasteiger partial charge in [0.1, 0.15) is 0 Å². The fourth-order valence-electron chi connectivity index (χ4n) is 7.05. The van der Waals surface area contributed by atoms with E-state index in [1.165, 1.54) is 79.2 Å². The van der Waals surface area contributed by atoms with E-state index in [2.05, 4.69) is 174 Å². The van der Waals surface area contributed by atoms with Crippen molar-refractivity contribution in [3.8, 4) is 0 Å². The fraction of sp³-hybridized carbons (Fsp3) is 0.340. The standard InChI is InChI=1S/C23H29.C19H22.C5H5.Zr/c1-14-9-16-11-17-10-15(2)21(23(6,7)8)13-19(17)18(16)12-20(14)22(3,4)5;1-18(2,16-11-7-5-8-12-16)15-19(3,4)17-13-9-6-10-14-17;1-2-4-5-3-1;/h9-13H,1-8H3;5-14H,1-4H3;1-5H;/q-1;;-1;+2. The third kappa shape index (κ3) is 8.52. The summed E-state index contributed by atoms with van der Waals surface area (Å²) in [7, 11) is 0. The number of fused-ring (bicyclic) bond motifs is 3. The third-order valence-corrected chi connectivity index (χ3v) is 12.9. The molecule has 0 saturated carbocycles. The molecule has 0 aliphatic heterocycles. The van der Waals surface area contributed by atoms with Crippen molar-refractivity contribution in [3.05, 3.63) is 155 Å². The predicted molar refractivity (Wildman–Crippen MR) is 210 cm³/mol. The quantitative estimate of drug-likeness (QED) is 0.160. The van der Waals surface area contributed by atoms with Crippen LogP contribution >= 0.6 is 0 Å². The van der Waals surface area contributed by atoms with E-state index in [1.54, 1.807) is 3.21 Å². The zero-order chi connectivity index (χ0) is 35.5. The molecule has 0 aliphatic rings. The molecule has 48 heavy (non-hydrogen) atoms. The molecule has 6 aromatic rings. The van der Waals surface area contributed by atoms with E-state index in [9.17, 15) is 0 Å². The molecule has 0 unspecified atom stereocenters. The minimum Gasteiger partial charge on any atom is -0.214 e. The number of hydrogen-bond donors (Lipinski definition) is 0. The molecule has 0 aliphatic carbocycles. The van der Waals surface area contributed by atoms with Gasteiger partial charge in [0.05, 0.1) is 0 Å². The fourth-order valence-corrected chi connectivity index (χ4v) is 7.76. The van der Waals surface area contributed by atoms with Gasteiger partial charge in [0.15, 0.2) is 0 Å². The smallest absolute Gasteiger partial charge is 0.0142 e. The van der Waals surface area contributed by atoms with Crippen LogP contribution in [0.1, 0.15) is 103 Å². The summed E-state index contributed by atoms with van der Waals surface area (Å²) in [6, 6.07) is 43.6. The van der Waals surface area contributed by atoms with E-state index >= 15 is 0 Å². The van der Waals surface area contributed by atoms with E-state index in [0.29, 0.717) is 0 Å². The summed E-state index contributed by atoms with van der Waals surface area (Å²) in [6.07, 6.45) is 0. The Kier molecular flexibility index (Phi) is 11.6. The van der Waals surface area contributed by atoms with Gasteiger partial charge in [-0.25, -0.2) is 12.1 Å². The van der Waals surface area contributed by atoms with Crippen molar-refractivity contribution in [2.24, 2.45) is 0 Å². The summed E-state index contributed by atoms with van der Waals surface area (Å²) in [4.78, 5) is 0. The Morgan fingerprint density at radius 1 is 0.500 bits per heavy atom. The van der Waals surface area contributed by atoms with Crippen LogP contribution in [0, 0.1) is 13.8 Å². The van der Waals surface area contributed by atoms with Crippen LogP contribution in [0.4, 0.5) is 0 Å². The van der Waals surface area contributed by atoms with Crippen molar-refractivity contribution in [2.75, 3.05) is 0 Å². The maximum Gasteiger partial charge on any atom is -0.0142 e. The zero-order valence-electron chi connectivity index (χ0n) is 31.5. The Balaban J connectivity index is 0.000000190. The van der Waals surface area contributed by atoms with Crippen molar-refractivity contribution >= 4 is 24.8 Å². The first-order chi connectivity index (χ1) is 22.3. The largest absolute Gasteiger partial charge is 0.214 e. The van der Waals surface area contributed by atoms with Crippen molar-refractivity contribution in [3.63, 3.8) is 0 Å². The van der Waals surface area contributed by atoms with Crippen LogP contribution in [0.3, 0.4) is 0 Å². The van der Waals surface area contributed by atoms with Crippen LogP contribution < -0.4 is 0 Å². The average Bonchev–Trinajstić information content (AvgIpc) is 3.72. The molecule has 0 bridgehead atoms. The molecular formula is C47H56Zr. The summed E-state index contributed by atoms with van der Waals surface area (Å²) < 4.78 is 1.58. The van der Waals surface area contributed by atoms with Gasteiger partial charge in [-0.3, -0.25) is 0 Å². The van der Waals surface area contributed by atoms with E-state index < -0.39 is 0 Å². The average molecular weight is 712 g/mol.